The number of nitrogen functional groups attached to an aromatic ring is 1. The Hall–Kier alpha value is -3.24. The number of carbonyl (C=O) groups excluding carboxylic acids is 1. The van der Waals surface area contributed by atoms with E-state index in [9.17, 15) is 4.79 Å². The summed E-state index contributed by atoms with van der Waals surface area (Å²) < 4.78 is 17.5. The molecule has 1 unspecified atom stereocenters. The van der Waals surface area contributed by atoms with Gasteiger partial charge in [0.2, 0.25) is 11.1 Å². The van der Waals surface area contributed by atoms with E-state index in [-0.39, 0.29) is 5.91 Å². The van der Waals surface area contributed by atoms with Crippen LogP contribution in [-0.4, -0.2) is 66.2 Å². The van der Waals surface area contributed by atoms with Crippen LogP contribution in [0.25, 0.3) is 11.4 Å². The zero-order valence-corrected chi connectivity index (χ0v) is 18.7. The summed E-state index contributed by atoms with van der Waals surface area (Å²) in [7, 11) is 3.15. The number of hydrogen-bond donors (Lipinski definition) is 1. The van der Waals surface area contributed by atoms with Gasteiger partial charge in [-0.3, -0.25) is 4.79 Å². The molecule has 3 aromatic rings. The number of benzene rings is 2. The number of nitrogens with zero attached hydrogens (tertiary/aromatic N) is 4. The van der Waals surface area contributed by atoms with Gasteiger partial charge in [-0.25, -0.2) is 4.68 Å². The molecule has 1 saturated heterocycles. The quantitative estimate of drug-likeness (QED) is 0.428. The van der Waals surface area contributed by atoms with Crippen LogP contribution in [0.3, 0.4) is 0 Å². The minimum atomic E-state index is -0.508. The summed E-state index contributed by atoms with van der Waals surface area (Å²) in [5.74, 6) is 8.01. The zero-order chi connectivity index (χ0) is 22.5. The van der Waals surface area contributed by atoms with Crippen molar-refractivity contribution in [2.75, 3.05) is 46.4 Å². The first kappa shape index (κ1) is 22.0. The highest BCUT2D eigenvalue weighted by Gasteiger charge is 2.30. The Balaban J connectivity index is 1.65. The van der Waals surface area contributed by atoms with Crippen molar-refractivity contribution in [1.82, 2.24) is 19.8 Å². The molecular weight excluding hydrogens is 430 g/mol. The second-order valence-electron chi connectivity index (χ2n) is 7.09. The van der Waals surface area contributed by atoms with Crippen LogP contribution in [0, 0.1) is 0 Å². The van der Waals surface area contributed by atoms with E-state index in [1.54, 1.807) is 26.4 Å². The molecule has 1 aromatic heterocycles. The summed E-state index contributed by atoms with van der Waals surface area (Å²) in [5, 5.41) is 8.46. The Morgan fingerprint density at radius 1 is 1.09 bits per heavy atom. The van der Waals surface area contributed by atoms with Gasteiger partial charge >= 0.3 is 0 Å². The molecule has 10 heteroatoms. The molecule has 168 valence electrons. The zero-order valence-electron chi connectivity index (χ0n) is 17.9. The Bertz CT molecular complexity index is 1070. The van der Waals surface area contributed by atoms with Gasteiger partial charge in [0.25, 0.3) is 0 Å². The van der Waals surface area contributed by atoms with E-state index in [0.29, 0.717) is 54.3 Å². The number of amides is 1. The summed E-state index contributed by atoms with van der Waals surface area (Å²) in [6, 6.07) is 15.0. The van der Waals surface area contributed by atoms with Crippen LogP contribution in [0.15, 0.2) is 53.7 Å². The van der Waals surface area contributed by atoms with Crippen molar-refractivity contribution in [3.8, 4) is 22.9 Å². The van der Waals surface area contributed by atoms with Crippen molar-refractivity contribution >= 4 is 17.7 Å². The van der Waals surface area contributed by atoms with Crippen molar-refractivity contribution in [2.45, 2.75) is 10.4 Å². The fraction of sp³-hybridized carbons (Fsp3) is 0.318. The normalized spacial score (nSPS) is 14.8. The fourth-order valence-corrected chi connectivity index (χ4v) is 4.51. The molecule has 1 atom stereocenters. The number of methoxy groups -OCH3 is 2. The molecule has 2 aromatic carbocycles. The molecule has 32 heavy (non-hydrogen) atoms. The number of rotatable bonds is 7. The highest BCUT2D eigenvalue weighted by molar-refractivity contribution is 8.00. The van der Waals surface area contributed by atoms with Crippen LogP contribution in [0.1, 0.15) is 10.8 Å². The summed E-state index contributed by atoms with van der Waals surface area (Å²) in [4.78, 5) is 15.2. The molecule has 0 bridgehead atoms. The van der Waals surface area contributed by atoms with Gasteiger partial charge in [-0.05, 0) is 17.7 Å². The Morgan fingerprint density at radius 2 is 1.84 bits per heavy atom. The molecule has 1 amide bonds. The minimum absolute atomic E-state index is 0.00363. The topological polar surface area (TPSA) is 105 Å². The first-order chi connectivity index (χ1) is 15.6. The molecule has 0 spiro atoms. The highest BCUT2D eigenvalue weighted by Crippen LogP contribution is 2.38. The average molecular weight is 456 g/mol. The van der Waals surface area contributed by atoms with Gasteiger partial charge in [-0.2, -0.15) is 0 Å². The van der Waals surface area contributed by atoms with Gasteiger partial charge < -0.3 is 25.0 Å². The molecule has 0 radical (unpaired) electrons. The second-order valence-corrected chi connectivity index (χ2v) is 8.16. The summed E-state index contributed by atoms with van der Waals surface area (Å²) in [6.07, 6.45) is 0. The molecule has 0 saturated carbocycles. The van der Waals surface area contributed by atoms with E-state index in [1.807, 2.05) is 41.3 Å². The maximum absolute atomic E-state index is 13.4. The van der Waals surface area contributed by atoms with Gasteiger partial charge in [-0.15, -0.1) is 10.2 Å². The lowest BCUT2D eigenvalue weighted by atomic mass is 10.1. The SMILES string of the molecule is COc1ccc(-c2nnc(SC(C(=O)N3CCOCC3)c3ccccc3)n2N)c(OC)c1. The third-order valence-corrected chi connectivity index (χ3v) is 6.39. The second kappa shape index (κ2) is 9.92. The third-order valence-electron chi connectivity index (χ3n) is 5.19. The minimum Gasteiger partial charge on any atom is -0.497 e. The first-order valence-corrected chi connectivity index (χ1v) is 11.0. The van der Waals surface area contributed by atoms with Crippen molar-refractivity contribution in [3.63, 3.8) is 0 Å². The highest BCUT2D eigenvalue weighted by atomic mass is 32.2. The molecule has 9 nitrogen and oxygen atoms in total. The predicted molar refractivity (Wildman–Crippen MR) is 121 cm³/mol. The van der Waals surface area contributed by atoms with Gasteiger partial charge in [0.1, 0.15) is 16.7 Å². The van der Waals surface area contributed by atoms with Crippen molar-refractivity contribution in [1.29, 1.82) is 0 Å². The number of thioether (sulfide) groups is 1. The van der Waals surface area contributed by atoms with E-state index < -0.39 is 5.25 Å². The molecule has 2 N–H and O–H groups in total. The molecule has 1 fully saturated rings. The van der Waals surface area contributed by atoms with Crippen LogP contribution in [0.4, 0.5) is 0 Å². The van der Waals surface area contributed by atoms with Gasteiger partial charge in [0.05, 0.1) is 33.0 Å². The predicted octanol–water partition coefficient (Wildman–Crippen LogP) is 2.37. The maximum atomic E-state index is 13.4. The first-order valence-electron chi connectivity index (χ1n) is 10.1. The number of carbonyl (C=O) groups is 1. The average Bonchev–Trinajstić information content (AvgIpc) is 3.22. The number of aromatic nitrogens is 3. The van der Waals surface area contributed by atoms with Crippen LogP contribution in [0.2, 0.25) is 0 Å². The van der Waals surface area contributed by atoms with Crippen LogP contribution >= 0.6 is 11.8 Å². The summed E-state index contributed by atoms with van der Waals surface area (Å²) in [6.45, 7) is 2.19. The monoisotopic (exact) mass is 455 g/mol. The molecule has 4 rings (SSSR count). The summed E-state index contributed by atoms with van der Waals surface area (Å²) >= 11 is 1.27. The van der Waals surface area contributed by atoms with Gasteiger partial charge in [0, 0.05) is 19.2 Å². The van der Waals surface area contributed by atoms with Crippen LogP contribution < -0.4 is 15.3 Å². The van der Waals surface area contributed by atoms with E-state index in [4.69, 9.17) is 20.1 Å². The number of morpholine rings is 1. The summed E-state index contributed by atoms with van der Waals surface area (Å²) in [5.41, 5.74) is 1.55. The Morgan fingerprint density at radius 3 is 2.53 bits per heavy atom. The largest absolute Gasteiger partial charge is 0.497 e. The number of nitrogens with two attached hydrogens (primary N) is 1. The van der Waals surface area contributed by atoms with Crippen LogP contribution in [-0.2, 0) is 9.53 Å². The Labute approximate surface area is 190 Å². The van der Waals surface area contributed by atoms with E-state index in [0.717, 1.165) is 5.56 Å². The molecule has 2 heterocycles. The smallest absolute Gasteiger partial charge is 0.240 e. The third kappa shape index (κ3) is 4.51. The molecule has 0 aliphatic carbocycles. The van der Waals surface area contributed by atoms with E-state index >= 15 is 0 Å². The maximum Gasteiger partial charge on any atom is 0.240 e. The molecule has 1 aliphatic heterocycles. The molecule has 1 aliphatic rings. The van der Waals surface area contributed by atoms with E-state index in [1.165, 1.54) is 16.4 Å². The lowest BCUT2D eigenvalue weighted by Gasteiger charge is -2.30. The van der Waals surface area contributed by atoms with Crippen molar-refractivity contribution in [2.24, 2.45) is 0 Å². The van der Waals surface area contributed by atoms with E-state index in [2.05, 4.69) is 10.2 Å². The number of ether oxygens (including phenoxy) is 3. The Kier molecular flexibility index (Phi) is 6.81. The lowest BCUT2D eigenvalue weighted by Crippen LogP contribution is -2.42. The number of hydrogen-bond acceptors (Lipinski definition) is 8. The molecular formula is C22H25N5O4S. The van der Waals surface area contributed by atoms with Crippen molar-refractivity contribution < 1.29 is 19.0 Å². The standard InChI is InChI=1S/C22H25N5O4S/c1-29-16-8-9-17(18(14-16)30-2)20-24-25-22(27(20)23)32-19(15-6-4-3-5-7-15)21(28)26-10-12-31-13-11-26/h3-9,14,19H,10-13,23H2,1-2H3. The van der Waals surface area contributed by atoms with Gasteiger partial charge in [-0.1, -0.05) is 42.1 Å². The van der Waals surface area contributed by atoms with Crippen molar-refractivity contribution in [3.05, 3.63) is 54.1 Å². The van der Waals surface area contributed by atoms with Gasteiger partial charge in [0.15, 0.2) is 5.82 Å². The lowest BCUT2D eigenvalue weighted by molar-refractivity contribution is -0.134. The van der Waals surface area contributed by atoms with Crippen LogP contribution in [0.5, 0.6) is 11.5 Å². The fourth-order valence-electron chi connectivity index (χ4n) is 3.47.